The molecule has 2 rings (SSSR count). The van der Waals surface area contributed by atoms with Crippen molar-refractivity contribution in [2.45, 2.75) is 6.42 Å². The second-order valence-corrected chi connectivity index (χ2v) is 4.71. The van der Waals surface area contributed by atoms with Crippen molar-refractivity contribution < 1.29 is 14.8 Å². The Morgan fingerprint density at radius 1 is 1.50 bits per heavy atom. The Hall–Kier alpha value is -2.55. The third-order valence-electron chi connectivity index (χ3n) is 2.37. The van der Waals surface area contributed by atoms with E-state index in [-0.39, 0.29) is 11.5 Å². The average Bonchev–Trinajstić information content (AvgIpc) is 2.88. The SMILES string of the molecule is O=C(O)c1csc(CCNc2ccc([N+](=O)[O-])nc2)n1. The van der Waals surface area contributed by atoms with Gasteiger partial charge in [-0.25, -0.2) is 9.78 Å². The smallest absolute Gasteiger partial charge is 0.363 e. The van der Waals surface area contributed by atoms with E-state index in [4.69, 9.17) is 5.11 Å². The fourth-order valence-corrected chi connectivity index (χ4v) is 2.21. The van der Waals surface area contributed by atoms with Gasteiger partial charge in [0.15, 0.2) is 11.9 Å². The second kappa shape index (κ2) is 6.06. The van der Waals surface area contributed by atoms with Crippen LogP contribution in [0.5, 0.6) is 0 Å². The molecule has 0 aliphatic rings. The number of aromatic carboxylic acids is 1. The summed E-state index contributed by atoms with van der Waals surface area (Å²) in [6.07, 6.45) is 1.94. The Balaban J connectivity index is 1.85. The maximum atomic E-state index is 10.7. The fraction of sp³-hybridized carbons (Fsp3) is 0.182. The molecule has 0 radical (unpaired) electrons. The average molecular weight is 294 g/mol. The molecule has 104 valence electrons. The van der Waals surface area contributed by atoms with E-state index in [0.717, 1.165) is 0 Å². The summed E-state index contributed by atoms with van der Waals surface area (Å²) in [5, 5.41) is 24.4. The topological polar surface area (TPSA) is 118 Å². The van der Waals surface area contributed by atoms with Gasteiger partial charge in [-0.1, -0.05) is 0 Å². The zero-order valence-electron chi connectivity index (χ0n) is 10.1. The molecule has 0 atom stereocenters. The van der Waals surface area contributed by atoms with E-state index in [1.165, 1.54) is 29.0 Å². The predicted molar refractivity (Wildman–Crippen MR) is 72.2 cm³/mol. The number of nitrogens with one attached hydrogen (secondary N) is 1. The highest BCUT2D eigenvalue weighted by molar-refractivity contribution is 7.09. The van der Waals surface area contributed by atoms with Crippen LogP contribution in [0.4, 0.5) is 11.5 Å². The number of nitro groups is 1. The van der Waals surface area contributed by atoms with E-state index in [0.29, 0.717) is 23.7 Å². The van der Waals surface area contributed by atoms with Gasteiger partial charge in [-0.15, -0.1) is 11.3 Å². The summed E-state index contributed by atoms with van der Waals surface area (Å²) in [7, 11) is 0. The first-order valence-corrected chi connectivity index (χ1v) is 6.46. The molecule has 0 bridgehead atoms. The van der Waals surface area contributed by atoms with Crippen molar-refractivity contribution >= 4 is 28.8 Å². The number of rotatable bonds is 6. The largest absolute Gasteiger partial charge is 0.476 e. The number of aromatic nitrogens is 2. The van der Waals surface area contributed by atoms with Crippen LogP contribution in [-0.2, 0) is 6.42 Å². The standard InChI is InChI=1S/C11H10N4O4S/c16-11(17)8-6-20-10(14-8)3-4-12-7-1-2-9(13-5-7)15(18)19/h1-2,5-6,12H,3-4H2,(H,16,17). The predicted octanol–water partition coefficient (Wildman–Crippen LogP) is 1.80. The monoisotopic (exact) mass is 294 g/mol. The molecular weight excluding hydrogens is 284 g/mol. The second-order valence-electron chi connectivity index (χ2n) is 3.77. The Labute approximate surface area is 117 Å². The summed E-state index contributed by atoms with van der Waals surface area (Å²) in [5.41, 5.74) is 0.701. The molecule has 0 aromatic carbocycles. The van der Waals surface area contributed by atoms with Crippen molar-refractivity contribution in [3.63, 3.8) is 0 Å². The Morgan fingerprint density at radius 3 is 2.85 bits per heavy atom. The van der Waals surface area contributed by atoms with Crippen molar-refractivity contribution in [1.82, 2.24) is 9.97 Å². The van der Waals surface area contributed by atoms with Crippen molar-refractivity contribution in [1.29, 1.82) is 0 Å². The first-order chi connectivity index (χ1) is 9.56. The molecule has 2 aromatic rings. The quantitative estimate of drug-likeness (QED) is 0.616. The van der Waals surface area contributed by atoms with Gasteiger partial charge in [0, 0.05) is 24.4 Å². The minimum absolute atomic E-state index is 0.0435. The first-order valence-electron chi connectivity index (χ1n) is 5.58. The number of carboxylic acids is 1. The van der Waals surface area contributed by atoms with E-state index < -0.39 is 10.9 Å². The van der Waals surface area contributed by atoms with Gasteiger partial charge in [0.2, 0.25) is 0 Å². The van der Waals surface area contributed by atoms with Gasteiger partial charge >= 0.3 is 11.8 Å². The molecule has 0 unspecified atom stereocenters. The number of hydrogen-bond donors (Lipinski definition) is 2. The third kappa shape index (κ3) is 3.48. The summed E-state index contributed by atoms with van der Waals surface area (Å²) in [6.45, 7) is 0.534. The summed E-state index contributed by atoms with van der Waals surface area (Å²) in [5.74, 6) is -1.25. The van der Waals surface area contributed by atoms with Crippen LogP contribution in [-0.4, -0.2) is 32.5 Å². The summed E-state index contributed by atoms with van der Waals surface area (Å²) >= 11 is 1.28. The molecule has 2 aromatic heterocycles. The normalized spacial score (nSPS) is 10.2. The number of carbonyl (C=O) groups is 1. The van der Waals surface area contributed by atoms with Crippen molar-refractivity contribution in [3.05, 3.63) is 44.5 Å². The molecule has 0 spiro atoms. The van der Waals surface area contributed by atoms with Gasteiger partial charge < -0.3 is 20.5 Å². The van der Waals surface area contributed by atoms with Gasteiger partial charge in [0.1, 0.15) is 0 Å². The Morgan fingerprint density at radius 2 is 2.30 bits per heavy atom. The van der Waals surface area contributed by atoms with Crippen LogP contribution >= 0.6 is 11.3 Å². The number of nitrogens with zero attached hydrogens (tertiary/aromatic N) is 3. The minimum Gasteiger partial charge on any atom is -0.476 e. The summed E-state index contributed by atoms with van der Waals surface area (Å²) in [4.78, 5) is 28.2. The Kier molecular flexibility index (Phi) is 4.20. The van der Waals surface area contributed by atoms with Crippen molar-refractivity contribution in [2.24, 2.45) is 0 Å². The number of thiazole rings is 1. The van der Waals surface area contributed by atoms with Crippen LogP contribution in [0, 0.1) is 10.1 Å². The lowest BCUT2D eigenvalue weighted by Crippen LogP contribution is -2.06. The van der Waals surface area contributed by atoms with Crippen molar-refractivity contribution in [2.75, 3.05) is 11.9 Å². The van der Waals surface area contributed by atoms with Gasteiger partial charge in [0.25, 0.3) is 0 Å². The zero-order valence-corrected chi connectivity index (χ0v) is 11.0. The van der Waals surface area contributed by atoms with E-state index >= 15 is 0 Å². The van der Waals surface area contributed by atoms with E-state index in [2.05, 4.69) is 15.3 Å². The third-order valence-corrected chi connectivity index (χ3v) is 3.28. The number of hydrogen-bond acceptors (Lipinski definition) is 7. The first kappa shape index (κ1) is 13.9. The molecule has 0 saturated carbocycles. The van der Waals surface area contributed by atoms with E-state index in [9.17, 15) is 14.9 Å². The maximum absolute atomic E-state index is 10.7. The lowest BCUT2D eigenvalue weighted by Gasteiger charge is -2.02. The molecule has 0 aliphatic heterocycles. The molecule has 2 heterocycles. The summed E-state index contributed by atoms with van der Waals surface area (Å²) < 4.78 is 0. The highest BCUT2D eigenvalue weighted by atomic mass is 32.1. The lowest BCUT2D eigenvalue weighted by atomic mass is 10.3. The molecule has 2 N–H and O–H groups in total. The van der Waals surface area contributed by atoms with Crippen LogP contribution in [0.2, 0.25) is 0 Å². The zero-order chi connectivity index (χ0) is 14.5. The Bertz CT molecular complexity index is 626. The van der Waals surface area contributed by atoms with Gasteiger partial charge in [0.05, 0.1) is 10.7 Å². The molecule has 0 saturated heterocycles. The van der Waals surface area contributed by atoms with Gasteiger partial charge in [-0.3, -0.25) is 0 Å². The van der Waals surface area contributed by atoms with Gasteiger partial charge in [-0.2, -0.15) is 0 Å². The van der Waals surface area contributed by atoms with Crippen LogP contribution in [0.3, 0.4) is 0 Å². The van der Waals surface area contributed by atoms with Crippen LogP contribution in [0.25, 0.3) is 0 Å². The van der Waals surface area contributed by atoms with Crippen LogP contribution < -0.4 is 5.32 Å². The van der Waals surface area contributed by atoms with Crippen LogP contribution in [0.1, 0.15) is 15.5 Å². The molecule has 9 heteroatoms. The molecule has 0 aliphatic carbocycles. The molecule has 20 heavy (non-hydrogen) atoms. The number of carboxylic acid groups (broad SMARTS) is 1. The summed E-state index contributed by atoms with van der Waals surface area (Å²) in [6, 6.07) is 2.88. The molecule has 8 nitrogen and oxygen atoms in total. The van der Waals surface area contributed by atoms with E-state index in [1.807, 2.05) is 0 Å². The number of anilines is 1. The van der Waals surface area contributed by atoms with Crippen molar-refractivity contribution in [3.8, 4) is 0 Å². The number of pyridine rings is 1. The fourth-order valence-electron chi connectivity index (χ4n) is 1.44. The molecule has 0 amide bonds. The highest BCUT2D eigenvalue weighted by Gasteiger charge is 2.09. The van der Waals surface area contributed by atoms with Gasteiger partial charge in [-0.05, 0) is 16.0 Å². The highest BCUT2D eigenvalue weighted by Crippen LogP contribution is 2.13. The molecule has 0 fully saturated rings. The van der Waals surface area contributed by atoms with Crippen LogP contribution in [0.15, 0.2) is 23.7 Å². The van der Waals surface area contributed by atoms with E-state index in [1.54, 1.807) is 6.07 Å². The maximum Gasteiger partial charge on any atom is 0.363 e. The lowest BCUT2D eigenvalue weighted by molar-refractivity contribution is -0.389. The molecular formula is C11H10N4O4S. The minimum atomic E-state index is -1.04.